The van der Waals surface area contributed by atoms with Crippen LogP contribution < -0.4 is 0 Å². The van der Waals surface area contributed by atoms with Crippen LogP contribution in [-0.4, -0.2) is 24.7 Å². The minimum Gasteiger partial charge on any atom is -0.381 e. The molecule has 0 N–H and O–H groups in total. The zero-order valence-corrected chi connectivity index (χ0v) is 9.40. The number of thiophene rings is 1. The fourth-order valence-corrected chi connectivity index (χ4v) is 3.76. The van der Waals surface area contributed by atoms with E-state index in [2.05, 4.69) is 0 Å². The van der Waals surface area contributed by atoms with E-state index in [1.165, 1.54) is 4.21 Å². The molecule has 0 unspecified atom stereocenters. The topological polar surface area (TPSA) is 26.3 Å². The lowest BCUT2D eigenvalue weighted by Gasteiger charge is -2.20. The Hall–Kier alpha value is -0.320. The Morgan fingerprint density at radius 3 is 2.86 bits per heavy atom. The van der Waals surface area contributed by atoms with E-state index in [0.29, 0.717) is 5.25 Å². The number of hydrogen-bond acceptors (Lipinski definition) is 4. The van der Waals surface area contributed by atoms with Crippen LogP contribution in [0.25, 0.3) is 0 Å². The molecule has 4 heteroatoms. The minimum atomic E-state index is 0.668. The Kier molecular flexibility index (Phi) is 3.61. The third-order valence-corrected chi connectivity index (χ3v) is 4.69. The van der Waals surface area contributed by atoms with Crippen molar-refractivity contribution in [2.24, 2.45) is 0 Å². The number of aldehydes is 1. The third kappa shape index (κ3) is 2.59. The first-order valence-electron chi connectivity index (χ1n) is 4.68. The van der Waals surface area contributed by atoms with E-state index >= 15 is 0 Å². The summed E-state index contributed by atoms with van der Waals surface area (Å²) in [7, 11) is 0. The molecule has 0 aliphatic carbocycles. The average molecular weight is 228 g/mol. The van der Waals surface area contributed by atoms with E-state index in [-0.39, 0.29) is 0 Å². The zero-order chi connectivity index (χ0) is 9.80. The maximum Gasteiger partial charge on any atom is 0.160 e. The second-order valence-electron chi connectivity index (χ2n) is 3.20. The predicted molar refractivity (Wildman–Crippen MR) is 59.4 cm³/mol. The molecule has 1 aliphatic rings. The van der Waals surface area contributed by atoms with Crippen molar-refractivity contribution in [3.63, 3.8) is 0 Å². The first-order valence-corrected chi connectivity index (χ1v) is 6.37. The molecule has 2 heterocycles. The van der Waals surface area contributed by atoms with Gasteiger partial charge >= 0.3 is 0 Å². The first kappa shape index (κ1) is 10.2. The highest BCUT2D eigenvalue weighted by atomic mass is 32.2. The van der Waals surface area contributed by atoms with Crippen LogP contribution in [0.2, 0.25) is 0 Å². The highest BCUT2D eigenvalue weighted by Crippen LogP contribution is 2.33. The van der Waals surface area contributed by atoms with Crippen LogP contribution in [0, 0.1) is 0 Å². The van der Waals surface area contributed by atoms with Crippen LogP contribution in [0.15, 0.2) is 16.3 Å². The van der Waals surface area contributed by atoms with Gasteiger partial charge in [-0.05, 0) is 25.0 Å². The van der Waals surface area contributed by atoms with Gasteiger partial charge in [-0.25, -0.2) is 0 Å². The third-order valence-electron chi connectivity index (χ3n) is 2.17. The average Bonchev–Trinajstić information content (AvgIpc) is 2.67. The minimum absolute atomic E-state index is 0.668. The molecule has 1 aliphatic heterocycles. The highest BCUT2D eigenvalue weighted by Gasteiger charge is 2.15. The van der Waals surface area contributed by atoms with Crippen molar-refractivity contribution in [2.75, 3.05) is 13.2 Å². The fourth-order valence-electron chi connectivity index (χ4n) is 1.42. The summed E-state index contributed by atoms with van der Waals surface area (Å²) in [4.78, 5) is 11.3. The molecule has 0 aromatic carbocycles. The summed E-state index contributed by atoms with van der Waals surface area (Å²) in [6.45, 7) is 1.76. The van der Waals surface area contributed by atoms with Crippen molar-refractivity contribution in [3.05, 3.63) is 17.0 Å². The number of ether oxygens (including phenoxy) is 1. The van der Waals surface area contributed by atoms with Gasteiger partial charge in [-0.15, -0.1) is 23.1 Å². The molecular formula is C10H12O2S2. The maximum absolute atomic E-state index is 10.5. The summed E-state index contributed by atoms with van der Waals surface area (Å²) in [5.41, 5.74) is 0. The van der Waals surface area contributed by atoms with Crippen molar-refractivity contribution in [2.45, 2.75) is 22.3 Å². The van der Waals surface area contributed by atoms with E-state index in [4.69, 9.17) is 4.74 Å². The van der Waals surface area contributed by atoms with E-state index in [1.54, 1.807) is 11.3 Å². The molecule has 2 nitrogen and oxygen atoms in total. The Morgan fingerprint density at radius 1 is 1.43 bits per heavy atom. The molecule has 0 bridgehead atoms. The molecule has 2 rings (SSSR count). The van der Waals surface area contributed by atoms with Crippen molar-refractivity contribution in [1.29, 1.82) is 0 Å². The van der Waals surface area contributed by atoms with E-state index in [9.17, 15) is 4.79 Å². The molecule has 1 fully saturated rings. The van der Waals surface area contributed by atoms with Crippen molar-refractivity contribution >= 4 is 29.4 Å². The van der Waals surface area contributed by atoms with Gasteiger partial charge in [0.15, 0.2) is 6.29 Å². The smallest absolute Gasteiger partial charge is 0.160 e. The number of carbonyl (C=O) groups is 1. The molecule has 0 amide bonds. The number of thioether (sulfide) groups is 1. The summed E-state index contributed by atoms with van der Waals surface area (Å²) >= 11 is 3.46. The molecule has 0 atom stereocenters. The molecule has 0 saturated carbocycles. The van der Waals surface area contributed by atoms with Gasteiger partial charge in [0.05, 0.1) is 9.09 Å². The van der Waals surface area contributed by atoms with Gasteiger partial charge in [-0.2, -0.15) is 0 Å². The molecule has 76 valence electrons. The highest BCUT2D eigenvalue weighted by molar-refractivity contribution is 8.01. The van der Waals surface area contributed by atoms with Crippen molar-refractivity contribution in [3.8, 4) is 0 Å². The number of carbonyl (C=O) groups excluding carboxylic acids is 1. The van der Waals surface area contributed by atoms with Gasteiger partial charge in [-0.1, -0.05) is 0 Å². The lowest BCUT2D eigenvalue weighted by molar-refractivity contribution is 0.100. The lowest BCUT2D eigenvalue weighted by atomic mass is 10.2. The summed E-state index contributed by atoms with van der Waals surface area (Å²) in [6.07, 6.45) is 3.16. The van der Waals surface area contributed by atoms with E-state index in [1.807, 2.05) is 23.9 Å². The molecule has 1 saturated heterocycles. The van der Waals surface area contributed by atoms with Crippen LogP contribution >= 0.6 is 23.1 Å². The van der Waals surface area contributed by atoms with Gasteiger partial charge in [0.25, 0.3) is 0 Å². The van der Waals surface area contributed by atoms with Gasteiger partial charge in [0, 0.05) is 18.5 Å². The summed E-state index contributed by atoms with van der Waals surface area (Å²) in [6, 6.07) is 3.92. The Morgan fingerprint density at radius 2 is 2.21 bits per heavy atom. The van der Waals surface area contributed by atoms with Gasteiger partial charge in [0.2, 0.25) is 0 Å². The second kappa shape index (κ2) is 4.96. The Bertz CT molecular complexity index is 303. The first-order chi connectivity index (χ1) is 6.88. The molecular weight excluding hydrogens is 216 g/mol. The van der Waals surface area contributed by atoms with Gasteiger partial charge < -0.3 is 4.74 Å². The molecule has 0 radical (unpaired) electrons. The monoisotopic (exact) mass is 228 g/mol. The fraction of sp³-hybridized carbons (Fsp3) is 0.500. The SMILES string of the molecule is O=Cc1ccc(SC2CCOCC2)s1. The summed E-state index contributed by atoms with van der Waals surface area (Å²) in [5, 5.41) is 0.668. The number of rotatable bonds is 3. The second-order valence-corrected chi connectivity index (χ2v) is 5.92. The molecule has 1 aromatic heterocycles. The van der Waals surface area contributed by atoms with Crippen LogP contribution in [0.1, 0.15) is 22.5 Å². The Labute approximate surface area is 91.7 Å². The lowest BCUT2D eigenvalue weighted by Crippen LogP contribution is -2.16. The Balaban J connectivity index is 1.92. The molecule has 1 aromatic rings. The van der Waals surface area contributed by atoms with E-state index < -0.39 is 0 Å². The molecule has 0 spiro atoms. The zero-order valence-electron chi connectivity index (χ0n) is 7.77. The molecule has 14 heavy (non-hydrogen) atoms. The van der Waals surface area contributed by atoms with E-state index in [0.717, 1.165) is 37.2 Å². The summed E-state index contributed by atoms with van der Waals surface area (Å²) < 4.78 is 6.55. The quantitative estimate of drug-likeness (QED) is 0.744. The standard InChI is InChI=1S/C10H12O2S2/c11-7-9-1-2-10(14-9)13-8-3-5-12-6-4-8/h1-2,7-8H,3-6H2. The number of hydrogen-bond donors (Lipinski definition) is 0. The van der Waals surface area contributed by atoms with Gasteiger partial charge in [-0.3, -0.25) is 4.79 Å². The van der Waals surface area contributed by atoms with Crippen LogP contribution in [0.5, 0.6) is 0 Å². The van der Waals surface area contributed by atoms with Crippen molar-refractivity contribution in [1.82, 2.24) is 0 Å². The predicted octanol–water partition coefficient (Wildman–Crippen LogP) is 2.83. The van der Waals surface area contributed by atoms with Gasteiger partial charge in [0.1, 0.15) is 0 Å². The van der Waals surface area contributed by atoms with Crippen LogP contribution in [0.4, 0.5) is 0 Å². The van der Waals surface area contributed by atoms with Crippen molar-refractivity contribution < 1.29 is 9.53 Å². The maximum atomic E-state index is 10.5. The van der Waals surface area contributed by atoms with Crippen LogP contribution in [0.3, 0.4) is 0 Å². The summed E-state index contributed by atoms with van der Waals surface area (Å²) in [5.74, 6) is 0. The normalized spacial score (nSPS) is 18.3. The largest absolute Gasteiger partial charge is 0.381 e. The van der Waals surface area contributed by atoms with Crippen LogP contribution in [-0.2, 0) is 4.74 Å².